The first-order valence-corrected chi connectivity index (χ1v) is 22.8. The summed E-state index contributed by atoms with van der Waals surface area (Å²) >= 11 is 1.91. The Morgan fingerprint density at radius 1 is 0.365 bits per heavy atom. The minimum atomic E-state index is -0.742. The van der Waals surface area contributed by atoms with E-state index >= 15 is 0 Å². The molecular weight excluding hydrogens is 785 g/mol. The second kappa shape index (κ2) is 9.76. The first-order chi connectivity index (χ1) is 31.3. The highest BCUT2D eigenvalue weighted by Crippen LogP contribution is 2.66. The summed E-state index contributed by atoms with van der Waals surface area (Å²) < 4.78 is 13.5. The van der Waals surface area contributed by atoms with Gasteiger partial charge in [0.05, 0.1) is 27.3 Å². The summed E-state index contributed by atoms with van der Waals surface area (Å²) in [6.45, 7) is 0. The lowest BCUT2D eigenvalue weighted by atomic mass is 9.58. The number of fused-ring (bicyclic) bond motifs is 22. The maximum Gasteiger partial charge on any atom is 0.309 e. The molecule has 5 aromatic heterocycles. The van der Waals surface area contributed by atoms with Crippen LogP contribution in [0.15, 0.2) is 182 Å². The molecule has 0 saturated heterocycles. The number of imidazole rings is 2. The summed E-state index contributed by atoms with van der Waals surface area (Å²) in [6.07, 6.45) is 0. The highest BCUT2D eigenvalue weighted by atomic mass is 32.1. The first kappa shape index (κ1) is 31.1. The number of aromatic nitrogens is 4. The normalized spacial score (nSPS) is 17.1. The third-order valence-corrected chi connectivity index (χ3v) is 17.1. The second-order valence-electron chi connectivity index (χ2n) is 18.3. The molecule has 14 aromatic rings. The molecule has 1 unspecified atom stereocenters. The molecule has 0 N–H and O–H groups in total. The molecule has 9 aromatic carbocycles. The number of pyridine rings is 2. The van der Waals surface area contributed by atoms with Crippen LogP contribution in [0, 0.1) is 0 Å². The zero-order chi connectivity index (χ0) is 40.2. The Bertz CT molecular complexity index is 4590. The Balaban J connectivity index is 1.19. The standard InChI is InChI=1S/C58H30N4S/c1-5-17-39-31(13-1)32-14-2-6-18-40(32)57(39)41-27-25-35-33-15-3-7-19-43(33)59-44-20-8-10-22-46(44)61-55(59)51(35)53(41)58(61)54-42(57)28-26-36-37-29-38-34-16-4-12-24-49(34)63-50(38)30-48(37)60-45-21-9-11-23-47(45)62(58)56(60)52(36)54/h1-30H/q+2. The Kier molecular flexibility index (Phi) is 4.81. The van der Waals surface area contributed by atoms with Crippen LogP contribution in [0.2, 0.25) is 0 Å². The lowest BCUT2D eigenvalue weighted by Crippen LogP contribution is -2.73. The van der Waals surface area contributed by atoms with E-state index in [0.29, 0.717) is 0 Å². The lowest BCUT2D eigenvalue weighted by Gasteiger charge is -2.43. The fourth-order valence-corrected chi connectivity index (χ4v) is 15.2. The van der Waals surface area contributed by atoms with Crippen molar-refractivity contribution in [1.82, 2.24) is 8.80 Å². The van der Waals surface area contributed by atoms with Crippen molar-refractivity contribution in [3.05, 3.63) is 215 Å². The van der Waals surface area contributed by atoms with Gasteiger partial charge in [-0.15, -0.1) is 11.3 Å². The van der Waals surface area contributed by atoms with Crippen LogP contribution in [0.3, 0.4) is 0 Å². The zero-order valence-corrected chi connectivity index (χ0v) is 34.3. The van der Waals surface area contributed by atoms with Gasteiger partial charge in [0.2, 0.25) is 0 Å². The van der Waals surface area contributed by atoms with Crippen molar-refractivity contribution in [2.24, 2.45) is 0 Å². The summed E-state index contributed by atoms with van der Waals surface area (Å²) in [5.41, 5.74) is 19.6. The van der Waals surface area contributed by atoms with Gasteiger partial charge in [0.1, 0.15) is 11.0 Å². The molecule has 18 rings (SSSR count). The van der Waals surface area contributed by atoms with Crippen LogP contribution >= 0.6 is 11.3 Å². The van der Waals surface area contributed by atoms with E-state index in [1.54, 1.807) is 0 Å². The van der Waals surface area contributed by atoms with Crippen LogP contribution in [0.4, 0.5) is 0 Å². The van der Waals surface area contributed by atoms with Crippen LogP contribution in [-0.4, -0.2) is 8.80 Å². The number of thiophene rings is 1. The minimum absolute atomic E-state index is 0.550. The molecular formula is C58H30N4S+2. The van der Waals surface area contributed by atoms with Crippen LogP contribution in [0.25, 0.3) is 108 Å². The van der Waals surface area contributed by atoms with Crippen molar-refractivity contribution in [1.29, 1.82) is 0 Å². The molecule has 0 amide bonds. The number of benzene rings is 9. The van der Waals surface area contributed by atoms with E-state index in [4.69, 9.17) is 0 Å². The molecule has 0 saturated carbocycles. The molecule has 0 fully saturated rings. The Morgan fingerprint density at radius 2 is 0.889 bits per heavy atom. The molecule has 63 heavy (non-hydrogen) atoms. The molecule has 0 radical (unpaired) electrons. The minimum Gasteiger partial charge on any atom is -0.187 e. The average molecular weight is 815 g/mol. The molecule has 4 aliphatic rings. The predicted octanol–water partition coefficient (Wildman–Crippen LogP) is 12.7. The molecule has 0 bridgehead atoms. The highest BCUT2D eigenvalue weighted by molar-refractivity contribution is 7.25. The molecule has 2 spiro atoms. The van der Waals surface area contributed by atoms with Gasteiger partial charge in [0.15, 0.2) is 22.1 Å². The van der Waals surface area contributed by atoms with Gasteiger partial charge in [-0.05, 0) is 75.8 Å². The molecule has 286 valence electrons. The lowest BCUT2D eigenvalue weighted by molar-refractivity contribution is -0.923. The van der Waals surface area contributed by atoms with Crippen molar-refractivity contribution in [2.75, 3.05) is 0 Å². The summed E-state index contributed by atoms with van der Waals surface area (Å²) in [7, 11) is 0. The van der Waals surface area contributed by atoms with Gasteiger partial charge >= 0.3 is 17.0 Å². The SMILES string of the molecule is c1ccc2c(c1)-c1ccccc1C21c2ccc3c4ccccc4n4c5ccccc5[n+]5c4c3c2C52c3c1ccc1c4cc5c(cc4n4c6ccccc6[n+]2c4c31)sc1ccccc15. The number of para-hydroxylation sites is 5. The molecule has 4 nitrogen and oxygen atoms in total. The summed E-state index contributed by atoms with van der Waals surface area (Å²) in [5.74, 6) is 0. The van der Waals surface area contributed by atoms with Gasteiger partial charge in [-0.3, -0.25) is 0 Å². The molecule has 1 atom stereocenters. The van der Waals surface area contributed by atoms with E-state index in [2.05, 4.69) is 200 Å². The predicted molar refractivity (Wildman–Crippen MR) is 256 cm³/mol. The van der Waals surface area contributed by atoms with Crippen LogP contribution in [0.1, 0.15) is 33.4 Å². The summed E-state index contributed by atoms with van der Waals surface area (Å²) in [5, 5.41) is 10.6. The van der Waals surface area contributed by atoms with Crippen molar-refractivity contribution >= 4 is 108 Å². The third-order valence-electron chi connectivity index (χ3n) is 16.0. The Hall–Kier alpha value is -7.86. The van der Waals surface area contributed by atoms with E-state index in [0.717, 1.165) is 0 Å². The van der Waals surface area contributed by atoms with Gasteiger partial charge in [-0.2, -0.15) is 17.9 Å². The number of hydrogen-bond donors (Lipinski definition) is 0. The maximum atomic E-state index is 2.80. The quantitative estimate of drug-likeness (QED) is 0.107. The topological polar surface area (TPSA) is 16.6 Å². The molecule has 5 heteroatoms. The Morgan fingerprint density at radius 3 is 1.56 bits per heavy atom. The number of nitrogens with zero attached hydrogens (tertiary/aromatic N) is 4. The number of rotatable bonds is 0. The van der Waals surface area contributed by atoms with E-state index in [-0.39, 0.29) is 0 Å². The van der Waals surface area contributed by atoms with Crippen molar-refractivity contribution in [3.8, 4) is 11.1 Å². The van der Waals surface area contributed by atoms with Crippen molar-refractivity contribution in [2.45, 2.75) is 11.1 Å². The van der Waals surface area contributed by atoms with Crippen LogP contribution < -0.4 is 9.13 Å². The monoisotopic (exact) mass is 814 g/mol. The Labute approximate surface area is 361 Å². The zero-order valence-electron chi connectivity index (χ0n) is 33.5. The smallest absolute Gasteiger partial charge is 0.187 e. The van der Waals surface area contributed by atoms with Crippen LogP contribution in [-0.2, 0) is 11.1 Å². The van der Waals surface area contributed by atoms with Gasteiger partial charge < -0.3 is 0 Å². The van der Waals surface area contributed by atoms with Gasteiger partial charge in [0, 0.05) is 47.8 Å². The fourth-order valence-electron chi connectivity index (χ4n) is 14.1. The summed E-state index contributed by atoms with van der Waals surface area (Å²) in [6, 6.07) is 70.1. The van der Waals surface area contributed by atoms with E-state index < -0.39 is 11.1 Å². The van der Waals surface area contributed by atoms with Crippen LogP contribution in [0.5, 0.6) is 0 Å². The first-order valence-electron chi connectivity index (χ1n) is 22.0. The van der Waals surface area contributed by atoms with Crippen molar-refractivity contribution in [3.63, 3.8) is 0 Å². The maximum absolute atomic E-state index is 2.80. The van der Waals surface area contributed by atoms with Gasteiger partial charge in [0.25, 0.3) is 0 Å². The summed E-state index contributed by atoms with van der Waals surface area (Å²) in [4.78, 5) is 0. The number of hydrogen-bond acceptors (Lipinski definition) is 1. The molecule has 7 heterocycles. The van der Waals surface area contributed by atoms with E-state index in [1.807, 2.05) is 11.3 Å². The average Bonchev–Trinajstić information content (AvgIpc) is 4.17. The van der Waals surface area contributed by atoms with Gasteiger partial charge in [-0.1, -0.05) is 133 Å². The van der Waals surface area contributed by atoms with E-state index in [1.165, 1.54) is 141 Å². The van der Waals surface area contributed by atoms with E-state index in [9.17, 15) is 0 Å². The molecule has 2 aliphatic carbocycles. The second-order valence-corrected chi connectivity index (χ2v) is 19.4. The third kappa shape index (κ3) is 2.93. The highest BCUT2D eigenvalue weighted by Gasteiger charge is 2.70. The fraction of sp³-hybridized carbons (Fsp3) is 0.0345. The van der Waals surface area contributed by atoms with Gasteiger partial charge in [-0.25, -0.2) is 0 Å². The molecule has 2 aliphatic heterocycles. The largest absolute Gasteiger partial charge is 0.309 e. The van der Waals surface area contributed by atoms with Crippen molar-refractivity contribution < 1.29 is 9.13 Å².